The van der Waals surface area contributed by atoms with E-state index in [1.54, 1.807) is 12.1 Å². The van der Waals surface area contributed by atoms with Crippen molar-refractivity contribution in [3.05, 3.63) is 49.7 Å². The Morgan fingerprint density at radius 1 is 1.06 bits per heavy atom. The fourth-order valence-corrected chi connectivity index (χ4v) is 4.95. The molecule has 2 fully saturated rings. The molecule has 1 heterocycles. The number of nitrogens with one attached hydrogen (secondary N) is 2. The number of hydrogen-bond acceptors (Lipinski definition) is 5. The molecular formula is C24H30ClN3O3. The van der Waals surface area contributed by atoms with E-state index < -0.39 is 0 Å². The van der Waals surface area contributed by atoms with Crippen LogP contribution in [0.15, 0.2) is 33.9 Å². The fraction of sp³-hybridized carbons (Fsp3) is 0.542. The van der Waals surface area contributed by atoms with E-state index in [9.17, 15) is 14.4 Å². The van der Waals surface area contributed by atoms with E-state index >= 15 is 0 Å². The zero-order valence-corrected chi connectivity index (χ0v) is 18.7. The van der Waals surface area contributed by atoms with Gasteiger partial charge in [-0.25, -0.2) is 0 Å². The molecule has 1 aliphatic heterocycles. The van der Waals surface area contributed by atoms with Crippen LogP contribution >= 0.6 is 11.6 Å². The van der Waals surface area contributed by atoms with Crippen LogP contribution in [0.1, 0.15) is 45.4 Å². The first-order valence-corrected chi connectivity index (χ1v) is 11.7. The highest BCUT2D eigenvalue weighted by atomic mass is 35.5. The highest BCUT2D eigenvalue weighted by Crippen LogP contribution is 2.31. The topological polar surface area (TPSA) is 78.5 Å². The maximum absolute atomic E-state index is 12.6. The van der Waals surface area contributed by atoms with Gasteiger partial charge in [-0.2, -0.15) is 0 Å². The molecule has 2 aromatic carbocycles. The molecule has 6 nitrogen and oxygen atoms in total. The number of hydrogen-bond donors (Lipinski definition) is 2. The van der Waals surface area contributed by atoms with Crippen molar-refractivity contribution in [2.75, 3.05) is 35.2 Å². The SMILES string of the molecule is CC1CCN(c2c(NCC3CCC(C(=O)Nc4cccc(Cl)c4)CC3)c(=O)c2=O)CC1. The van der Waals surface area contributed by atoms with E-state index in [1.807, 2.05) is 12.1 Å². The lowest BCUT2D eigenvalue weighted by Crippen LogP contribution is -2.45. The minimum absolute atomic E-state index is 0.00717. The van der Waals surface area contributed by atoms with Crippen molar-refractivity contribution in [3.63, 3.8) is 0 Å². The molecule has 2 aromatic rings. The average Bonchev–Trinajstić information content (AvgIpc) is 2.77. The van der Waals surface area contributed by atoms with Gasteiger partial charge in [0, 0.05) is 36.3 Å². The molecule has 0 bridgehead atoms. The van der Waals surface area contributed by atoms with E-state index in [1.165, 1.54) is 0 Å². The van der Waals surface area contributed by atoms with Crippen LogP contribution in [0.5, 0.6) is 0 Å². The number of rotatable bonds is 6. The molecule has 0 spiro atoms. The van der Waals surface area contributed by atoms with Crippen LogP contribution in [-0.4, -0.2) is 25.5 Å². The summed E-state index contributed by atoms with van der Waals surface area (Å²) in [5.41, 5.74) is 1.08. The van der Waals surface area contributed by atoms with Gasteiger partial charge in [-0.3, -0.25) is 14.4 Å². The Hall–Kier alpha value is -2.34. The highest BCUT2D eigenvalue weighted by Gasteiger charge is 2.30. The molecule has 1 aliphatic carbocycles. The molecule has 0 radical (unpaired) electrons. The maximum Gasteiger partial charge on any atom is 0.253 e. The lowest BCUT2D eigenvalue weighted by Gasteiger charge is -2.34. The Kier molecular flexibility index (Phi) is 6.65. The third-order valence-electron chi connectivity index (χ3n) is 6.86. The normalized spacial score (nSPS) is 22.5. The van der Waals surface area contributed by atoms with Crippen LogP contribution in [0.2, 0.25) is 5.02 Å². The van der Waals surface area contributed by atoms with Crippen LogP contribution < -0.4 is 26.4 Å². The number of benzene rings is 1. The fourth-order valence-electron chi connectivity index (χ4n) is 4.76. The predicted molar refractivity (Wildman–Crippen MR) is 126 cm³/mol. The zero-order valence-electron chi connectivity index (χ0n) is 18.0. The molecule has 2 N–H and O–H groups in total. The van der Waals surface area contributed by atoms with Gasteiger partial charge in [0.05, 0.1) is 0 Å². The summed E-state index contributed by atoms with van der Waals surface area (Å²) in [4.78, 5) is 38.9. The maximum atomic E-state index is 12.6. The first-order valence-electron chi connectivity index (χ1n) is 11.3. The van der Waals surface area contributed by atoms with Gasteiger partial charge in [0.2, 0.25) is 5.91 Å². The number of nitrogens with zero attached hydrogens (tertiary/aromatic N) is 1. The van der Waals surface area contributed by atoms with Crippen LogP contribution in [0.25, 0.3) is 0 Å². The molecule has 1 saturated carbocycles. The molecule has 0 unspecified atom stereocenters. The molecular weight excluding hydrogens is 414 g/mol. The summed E-state index contributed by atoms with van der Waals surface area (Å²) in [6.07, 6.45) is 5.60. The Labute approximate surface area is 187 Å². The molecule has 1 saturated heterocycles. The van der Waals surface area contributed by atoms with Crippen molar-refractivity contribution in [1.29, 1.82) is 0 Å². The van der Waals surface area contributed by atoms with Crippen LogP contribution in [0, 0.1) is 17.8 Å². The Balaban J connectivity index is 1.26. The number of piperidine rings is 1. The van der Waals surface area contributed by atoms with Crippen LogP contribution in [0.3, 0.4) is 0 Å². The van der Waals surface area contributed by atoms with Crippen molar-refractivity contribution in [1.82, 2.24) is 0 Å². The summed E-state index contributed by atoms with van der Waals surface area (Å²) < 4.78 is 0. The van der Waals surface area contributed by atoms with Gasteiger partial charge in [0.1, 0.15) is 11.4 Å². The standard InChI is InChI=1S/C24H30ClN3O3/c1-15-9-11-28(12-10-15)21-20(22(29)23(21)30)26-14-16-5-7-17(8-6-16)24(31)27-19-4-2-3-18(25)13-19/h2-4,13,15-17,26H,5-12,14H2,1H3,(H,27,31). The average molecular weight is 444 g/mol. The zero-order chi connectivity index (χ0) is 22.0. The summed E-state index contributed by atoms with van der Waals surface area (Å²) in [7, 11) is 0. The number of carbonyl (C=O) groups is 1. The van der Waals surface area contributed by atoms with Gasteiger partial charge in [0.15, 0.2) is 0 Å². The summed E-state index contributed by atoms with van der Waals surface area (Å²) >= 11 is 5.99. The third-order valence-corrected chi connectivity index (χ3v) is 7.10. The molecule has 2 aliphatic rings. The molecule has 31 heavy (non-hydrogen) atoms. The largest absolute Gasteiger partial charge is 0.380 e. The van der Waals surface area contributed by atoms with E-state index in [4.69, 9.17) is 11.6 Å². The molecule has 7 heteroatoms. The minimum Gasteiger partial charge on any atom is -0.380 e. The highest BCUT2D eigenvalue weighted by molar-refractivity contribution is 6.30. The predicted octanol–water partition coefficient (Wildman–Crippen LogP) is 4.03. The number of carbonyl (C=O) groups excluding carboxylic acids is 1. The van der Waals surface area contributed by atoms with Gasteiger partial charge >= 0.3 is 0 Å². The van der Waals surface area contributed by atoms with Crippen LogP contribution in [-0.2, 0) is 4.79 Å². The first kappa shape index (κ1) is 21.9. The molecule has 166 valence electrons. The van der Waals surface area contributed by atoms with E-state index in [2.05, 4.69) is 22.5 Å². The third kappa shape index (κ3) is 4.95. The number of amides is 1. The number of halogens is 1. The second-order valence-corrected chi connectivity index (χ2v) is 9.59. The van der Waals surface area contributed by atoms with E-state index in [-0.39, 0.29) is 22.7 Å². The van der Waals surface area contributed by atoms with Crippen molar-refractivity contribution >= 4 is 34.6 Å². The van der Waals surface area contributed by atoms with Crippen molar-refractivity contribution in [2.45, 2.75) is 45.4 Å². The van der Waals surface area contributed by atoms with Gasteiger partial charge in [-0.1, -0.05) is 24.6 Å². The minimum atomic E-state index is -0.386. The van der Waals surface area contributed by atoms with Crippen LogP contribution in [0.4, 0.5) is 17.1 Å². The quantitative estimate of drug-likeness (QED) is 0.659. The molecule has 0 atom stereocenters. The van der Waals surface area contributed by atoms with Crippen molar-refractivity contribution < 1.29 is 4.79 Å². The molecule has 0 aromatic heterocycles. The van der Waals surface area contributed by atoms with Crippen molar-refractivity contribution in [3.8, 4) is 0 Å². The van der Waals surface area contributed by atoms with Gasteiger partial charge in [-0.05, 0) is 68.6 Å². The first-order chi connectivity index (χ1) is 14.9. The summed E-state index contributed by atoms with van der Waals surface area (Å²) in [5.74, 6) is 1.10. The second-order valence-electron chi connectivity index (χ2n) is 9.15. The lowest BCUT2D eigenvalue weighted by atomic mass is 9.81. The molecule has 1 amide bonds. The smallest absolute Gasteiger partial charge is 0.253 e. The van der Waals surface area contributed by atoms with E-state index in [0.717, 1.165) is 57.3 Å². The second kappa shape index (κ2) is 9.43. The monoisotopic (exact) mass is 443 g/mol. The summed E-state index contributed by atoms with van der Waals surface area (Å²) in [5, 5.41) is 6.83. The van der Waals surface area contributed by atoms with Crippen molar-refractivity contribution in [2.24, 2.45) is 17.8 Å². The Morgan fingerprint density at radius 2 is 1.77 bits per heavy atom. The molecule has 4 rings (SSSR count). The van der Waals surface area contributed by atoms with Gasteiger partial charge < -0.3 is 15.5 Å². The van der Waals surface area contributed by atoms with E-state index in [0.29, 0.717) is 34.8 Å². The van der Waals surface area contributed by atoms with Gasteiger partial charge in [-0.15, -0.1) is 0 Å². The number of anilines is 3. The lowest BCUT2D eigenvalue weighted by molar-refractivity contribution is -0.121. The Morgan fingerprint density at radius 3 is 2.45 bits per heavy atom. The Bertz CT molecular complexity index is 998. The summed E-state index contributed by atoms with van der Waals surface area (Å²) in [6.45, 7) is 4.58. The van der Waals surface area contributed by atoms with Gasteiger partial charge in [0.25, 0.3) is 10.9 Å². The summed E-state index contributed by atoms with van der Waals surface area (Å²) in [6, 6.07) is 7.19.